The third-order valence-corrected chi connectivity index (χ3v) is 6.09. The van der Waals surface area contributed by atoms with Crippen LogP contribution in [0, 0.1) is 5.92 Å². The molecule has 122 valence electrons. The van der Waals surface area contributed by atoms with Crippen molar-refractivity contribution in [2.45, 2.75) is 75.9 Å². The van der Waals surface area contributed by atoms with Crippen LogP contribution in [0.25, 0.3) is 0 Å². The Kier molecular flexibility index (Phi) is 5.67. The van der Waals surface area contributed by atoms with Gasteiger partial charge in [0.05, 0.1) is 7.11 Å². The second kappa shape index (κ2) is 7.10. The van der Waals surface area contributed by atoms with Gasteiger partial charge in [-0.15, -0.1) is 0 Å². The van der Waals surface area contributed by atoms with E-state index in [-0.39, 0.29) is 5.97 Å². The fourth-order valence-corrected chi connectivity index (χ4v) is 4.34. The van der Waals surface area contributed by atoms with Crippen LogP contribution >= 0.6 is 0 Å². The number of rotatable bonds is 5. The number of carbonyl (C=O) groups excluding carboxylic acids is 1. The number of likely N-dealkylation sites (N-methyl/N-ethyl adjacent to an activating group) is 1. The van der Waals surface area contributed by atoms with Crippen molar-refractivity contribution in [2.24, 2.45) is 5.92 Å². The molecule has 21 heavy (non-hydrogen) atoms. The van der Waals surface area contributed by atoms with E-state index in [1.165, 1.54) is 39.2 Å². The molecule has 2 saturated carbocycles. The van der Waals surface area contributed by atoms with E-state index < -0.39 is 5.54 Å². The summed E-state index contributed by atoms with van der Waals surface area (Å²) in [6, 6.07) is 1.20. The molecule has 0 amide bonds. The molecule has 2 fully saturated rings. The number of nitrogens with zero attached hydrogens (tertiary/aromatic N) is 1. The predicted molar refractivity (Wildman–Crippen MR) is 85.2 cm³/mol. The average molecular weight is 296 g/mol. The normalized spacial score (nSPS) is 36.9. The third-order valence-electron chi connectivity index (χ3n) is 6.09. The number of methoxy groups -OCH3 is 1. The molecule has 0 aromatic carbocycles. The standard InChI is InChI=1S/C17H32N2O2/c1-5-13-6-8-14(9-7-13)19(3)15-10-11-17(12-15,18-2)16(20)21-4/h13-15,18H,5-12H2,1-4H3. The first-order chi connectivity index (χ1) is 10.1. The molecule has 4 nitrogen and oxygen atoms in total. The summed E-state index contributed by atoms with van der Waals surface area (Å²) in [5.74, 6) is 0.834. The maximum Gasteiger partial charge on any atom is 0.326 e. The minimum Gasteiger partial charge on any atom is -0.468 e. The van der Waals surface area contributed by atoms with Gasteiger partial charge < -0.3 is 15.0 Å². The minimum atomic E-state index is -0.464. The van der Waals surface area contributed by atoms with Gasteiger partial charge in [-0.05, 0) is 65.0 Å². The Bertz CT molecular complexity index is 353. The van der Waals surface area contributed by atoms with Crippen molar-refractivity contribution in [3.8, 4) is 0 Å². The highest BCUT2D eigenvalue weighted by Gasteiger charge is 2.47. The Hall–Kier alpha value is -0.610. The van der Waals surface area contributed by atoms with Crippen LogP contribution in [0.2, 0.25) is 0 Å². The first-order valence-corrected chi connectivity index (χ1v) is 8.55. The van der Waals surface area contributed by atoms with Crippen molar-refractivity contribution in [3.63, 3.8) is 0 Å². The maximum absolute atomic E-state index is 12.1. The second-order valence-electron chi connectivity index (χ2n) is 6.97. The lowest BCUT2D eigenvalue weighted by atomic mass is 9.83. The van der Waals surface area contributed by atoms with E-state index >= 15 is 0 Å². The van der Waals surface area contributed by atoms with E-state index in [9.17, 15) is 4.79 Å². The molecular weight excluding hydrogens is 264 g/mol. The molecule has 0 aromatic heterocycles. The SMILES string of the molecule is CCC1CCC(N(C)C2CCC(NC)(C(=O)OC)C2)CC1. The lowest BCUT2D eigenvalue weighted by Gasteiger charge is -2.38. The molecule has 0 bridgehead atoms. The zero-order valence-electron chi connectivity index (χ0n) is 14.2. The minimum absolute atomic E-state index is 0.101. The van der Waals surface area contributed by atoms with Crippen LogP contribution < -0.4 is 5.32 Å². The van der Waals surface area contributed by atoms with Crippen molar-refractivity contribution in [2.75, 3.05) is 21.2 Å². The highest BCUT2D eigenvalue weighted by Crippen LogP contribution is 2.37. The fraction of sp³-hybridized carbons (Fsp3) is 0.941. The van der Waals surface area contributed by atoms with Gasteiger partial charge in [0, 0.05) is 12.1 Å². The summed E-state index contributed by atoms with van der Waals surface area (Å²) in [5, 5.41) is 3.23. The molecule has 1 N–H and O–H groups in total. The molecule has 0 saturated heterocycles. The van der Waals surface area contributed by atoms with Crippen molar-refractivity contribution < 1.29 is 9.53 Å². The van der Waals surface area contributed by atoms with E-state index in [2.05, 4.69) is 24.2 Å². The summed E-state index contributed by atoms with van der Waals surface area (Å²) in [6.45, 7) is 2.31. The molecule has 2 atom stereocenters. The van der Waals surface area contributed by atoms with Crippen molar-refractivity contribution >= 4 is 5.97 Å². The molecular formula is C17H32N2O2. The lowest BCUT2D eigenvalue weighted by Crippen LogP contribution is -2.51. The van der Waals surface area contributed by atoms with Gasteiger partial charge in [-0.25, -0.2) is 0 Å². The number of ether oxygens (including phenoxy) is 1. The summed E-state index contributed by atoms with van der Waals surface area (Å²) >= 11 is 0. The molecule has 2 aliphatic carbocycles. The molecule has 0 radical (unpaired) electrons. The zero-order valence-corrected chi connectivity index (χ0v) is 14.2. The van der Waals surface area contributed by atoms with Crippen LogP contribution in [0.3, 0.4) is 0 Å². The summed E-state index contributed by atoms with van der Waals surface area (Å²) in [6.07, 6.45) is 9.53. The third kappa shape index (κ3) is 3.42. The van der Waals surface area contributed by atoms with Gasteiger partial charge in [-0.2, -0.15) is 0 Å². The number of nitrogens with one attached hydrogen (secondary N) is 1. The van der Waals surface area contributed by atoms with Gasteiger partial charge in [-0.3, -0.25) is 4.79 Å². The first-order valence-electron chi connectivity index (χ1n) is 8.55. The van der Waals surface area contributed by atoms with Crippen molar-refractivity contribution in [3.05, 3.63) is 0 Å². The van der Waals surface area contributed by atoms with Gasteiger partial charge in [0.25, 0.3) is 0 Å². The summed E-state index contributed by atoms with van der Waals surface area (Å²) in [7, 11) is 5.63. The van der Waals surface area contributed by atoms with Crippen LogP contribution in [0.4, 0.5) is 0 Å². The maximum atomic E-state index is 12.1. The molecule has 0 spiro atoms. The largest absolute Gasteiger partial charge is 0.468 e. The van der Waals surface area contributed by atoms with Crippen LogP contribution in [-0.2, 0) is 9.53 Å². The van der Waals surface area contributed by atoms with Gasteiger partial charge in [0.2, 0.25) is 0 Å². The van der Waals surface area contributed by atoms with Crippen LogP contribution in [0.15, 0.2) is 0 Å². The van der Waals surface area contributed by atoms with Crippen molar-refractivity contribution in [1.82, 2.24) is 10.2 Å². The number of hydrogen-bond donors (Lipinski definition) is 1. The van der Waals surface area contributed by atoms with Gasteiger partial charge in [0.15, 0.2) is 0 Å². The Morgan fingerprint density at radius 2 is 1.90 bits per heavy atom. The summed E-state index contributed by atoms with van der Waals surface area (Å²) in [4.78, 5) is 14.6. The Balaban J connectivity index is 1.93. The van der Waals surface area contributed by atoms with Crippen LogP contribution in [0.1, 0.15) is 58.3 Å². The van der Waals surface area contributed by atoms with Gasteiger partial charge in [0.1, 0.15) is 5.54 Å². The highest BCUT2D eigenvalue weighted by atomic mass is 16.5. The second-order valence-corrected chi connectivity index (χ2v) is 6.97. The Morgan fingerprint density at radius 1 is 1.24 bits per heavy atom. The quantitative estimate of drug-likeness (QED) is 0.792. The Labute approximate surface area is 129 Å². The van der Waals surface area contributed by atoms with E-state index in [0.29, 0.717) is 12.1 Å². The molecule has 2 aliphatic rings. The number of esters is 1. The summed E-state index contributed by atoms with van der Waals surface area (Å²) in [5.41, 5.74) is -0.464. The smallest absolute Gasteiger partial charge is 0.326 e. The fourth-order valence-electron chi connectivity index (χ4n) is 4.34. The highest BCUT2D eigenvalue weighted by molar-refractivity contribution is 5.81. The first kappa shape index (κ1) is 16.8. The molecule has 0 aliphatic heterocycles. The van der Waals surface area contributed by atoms with E-state index in [1.807, 2.05) is 7.05 Å². The molecule has 0 aromatic rings. The van der Waals surface area contributed by atoms with Gasteiger partial charge in [-0.1, -0.05) is 13.3 Å². The zero-order chi connectivity index (χ0) is 15.5. The Morgan fingerprint density at radius 3 is 2.43 bits per heavy atom. The van der Waals surface area contributed by atoms with E-state index in [0.717, 1.165) is 25.2 Å². The van der Waals surface area contributed by atoms with Crippen LogP contribution in [-0.4, -0.2) is 49.7 Å². The molecule has 4 heteroatoms. The monoisotopic (exact) mass is 296 g/mol. The van der Waals surface area contributed by atoms with E-state index in [1.54, 1.807) is 0 Å². The predicted octanol–water partition coefficient (Wildman–Crippen LogP) is 2.57. The van der Waals surface area contributed by atoms with Crippen LogP contribution in [0.5, 0.6) is 0 Å². The molecule has 2 unspecified atom stereocenters. The average Bonchev–Trinajstić information content (AvgIpc) is 2.99. The molecule has 2 rings (SSSR count). The van der Waals surface area contributed by atoms with Crippen molar-refractivity contribution in [1.29, 1.82) is 0 Å². The lowest BCUT2D eigenvalue weighted by molar-refractivity contribution is -0.148. The molecule has 0 heterocycles. The number of hydrogen-bond acceptors (Lipinski definition) is 4. The number of carbonyl (C=O) groups is 1. The van der Waals surface area contributed by atoms with E-state index in [4.69, 9.17) is 4.74 Å². The summed E-state index contributed by atoms with van der Waals surface area (Å²) < 4.78 is 5.01. The topological polar surface area (TPSA) is 41.6 Å². The van der Waals surface area contributed by atoms with Gasteiger partial charge >= 0.3 is 5.97 Å².